The van der Waals surface area contributed by atoms with E-state index in [2.05, 4.69) is 15.2 Å². The molecule has 0 saturated carbocycles. The zero-order valence-electron chi connectivity index (χ0n) is 14.6. The van der Waals surface area contributed by atoms with Crippen LogP contribution < -0.4 is 0 Å². The van der Waals surface area contributed by atoms with Crippen LogP contribution in [0.15, 0.2) is 53.7 Å². The first-order valence-electron chi connectivity index (χ1n) is 8.76. The molecule has 27 heavy (non-hydrogen) atoms. The van der Waals surface area contributed by atoms with Gasteiger partial charge in [0, 0.05) is 31.0 Å². The van der Waals surface area contributed by atoms with E-state index in [1.807, 2.05) is 12.1 Å². The maximum Gasteiger partial charge on any atom is 0.243 e. The van der Waals surface area contributed by atoms with E-state index in [9.17, 15) is 8.42 Å². The van der Waals surface area contributed by atoms with Gasteiger partial charge in [-0.25, -0.2) is 8.42 Å². The fourth-order valence-corrected chi connectivity index (χ4v) is 5.01. The number of H-pyrrole nitrogens is 1. The first-order valence-corrected chi connectivity index (χ1v) is 10.6. The zero-order chi connectivity index (χ0) is 18.9. The Hall–Kier alpha value is -2.36. The Morgan fingerprint density at radius 1 is 0.963 bits per heavy atom. The number of aromatic nitrogens is 4. The molecule has 4 rings (SSSR count). The number of sulfonamides is 1. The number of piperidine rings is 1. The van der Waals surface area contributed by atoms with Gasteiger partial charge in [-0.2, -0.15) is 9.40 Å². The first-order chi connectivity index (χ1) is 13.1. The highest BCUT2D eigenvalue weighted by Gasteiger charge is 2.25. The Kier molecular flexibility index (Phi) is 4.90. The van der Waals surface area contributed by atoms with Crippen molar-refractivity contribution < 1.29 is 8.42 Å². The monoisotopic (exact) mass is 401 g/mol. The number of aromatic amines is 1. The lowest BCUT2D eigenvalue weighted by molar-refractivity contribution is 0.346. The van der Waals surface area contributed by atoms with E-state index in [0.29, 0.717) is 28.6 Å². The fourth-order valence-electron chi connectivity index (χ4n) is 3.25. The van der Waals surface area contributed by atoms with E-state index in [4.69, 9.17) is 12.2 Å². The Balaban J connectivity index is 1.70. The van der Waals surface area contributed by atoms with Crippen molar-refractivity contribution in [1.82, 2.24) is 24.1 Å². The van der Waals surface area contributed by atoms with Gasteiger partial charge in [0.25, 0.3) is 0 Å². The lowest BCUT2D eigenvalue weighted by Crippen LogP contribution is -2.35. The molecule has 1 aromatic carbocycles. The smallest absolute Gasteiger partial charge is 0.243 e. The molecule has 3 aromatic rings. The van der Waals surface area contributed by atoms with Gasteiger partial charge in [-0.1, -0.05) is 6.42 Å². The third-order valence-electron chi connectivity index (χ3n) is 4.66. The molecule has 1 N–H and O–H groups in total. The second-order valence-corrected chi connectivity index (χ2v) is 8.71. The Labute approximate surface area is 162 Å². The van der Waals surface area contributed by atoms with Gasteiger partial charge in [0.2, 0.25) is 10.0 Å². The molecule has 0 radical (unpaired) electrons. The molecular formula is C18H19N5O2S2. The molecule has 3 heterocycles. The van der Waals surface area contributed by atoms with Crippen molar-refractivity contribution >= 4 is 22.2 Å². The minimum absolute atomic E-state index is 0.300. The van der Waals surface area contributed by atoms with E-state index in [1.54, 1.807) is 45.5 Å². The Bertz CT molecular complexity index is 1080. The number of hydrogen-bond acceptors (Lipinski definition) is 5. The second kappa shape index (κ2) is 7.34. The summed E-state index contributed by atoms with van der Waals surface area (Å²) in [4.78, 5) is 4.32. The molecule has 7 nitrogen and oxygen atoms in total. The maximum atomic E-state index is 12.8. The fraction of sp³-hybridized carbons (Fsp3) is 0.278. The quantitative estimate of drug-likeness (QED) is 0.679. The van der Waals surface area contributed by atoms with Crippen LogP contribution in [0.5, 0.6) is 0 Å². The van der Waals surface area contributed by atoms with Crippen LogP contribution in [0.2, 0.25) is 0 Å². The third-order valence-corrected chi connectivity index (χ3v) is 6.85. The number of nitrogens with zero attached hydrogens (tertiary/aromatic N) is 4. The predicted molar refractivity (Wildman–Crippen MR) is 105 cm³/mol. The van der Waals surface area contributed by atoms with Gasteiger partial charge in [0.05, 0.1) is 10.6 Å². The van der Waals surface area contributed by atoms with Crippen molar-refractivity contribution in [1.29, 1.82) is 0 Å². The van der Waals surface area contributed by atoms with Crippen LogP contribution >= 0.6 is 12.2 Å². The van der Waals surface area contributed by atoms with E-state index in [-0.39, 0.29) is 0 Å². The molecule has 0 spiro atoms. The standard InChI is InChI=1S/C18H19N5O2S2/c24-27(25,22-12-2-1-3-13-22)16-6-4-15(5-7-16)23-17(20-21-18(23)26)14-8-10-19-11-9-14/h4-11H,1-3,12-13H2,(H,21,26). The lowest BCUT2D eigenvalue weighted by Gasteiger charge is -2.25. The van der Waals surface area contributed by atoms with Gasteiger partial charge in [0.1, 0.15) is 0 Å². The van der Waals surface area contributed by atoms with Crippen molar-refractivity contribution in [2.24, 2.45) is 0 Å². The third kappa shape index (κ3) is 3.45. The molecule has 0 unspecified atom stereocenters. The number of rotatable bonds is 4. The van der Waals surface area contributed by atoms with Crippen molar-refractivity contribution in [2.75, 3.05) is 13.1 Å². The summed E-state index contributed by atoms with van der Waals surface area (Å²) in [7, 11) is -3.45. The van der Waals surface area contributed by atoms with E-state index in [0.717, 1.165) is 30.5 Å². The molecule has 1 fully saturated rings. The predicted octanol–water partition coefficient (Wildman–Crippen LogP) is 3.17. The Morgan fingerprint density at radius 2 is 1.63 bits per heavy atom. The summed E-state index contributed by atoms with van der Waals surface area (Å²) in [5.41, 5.74) is 1.61. The maximum absolute atomic E-state index is 12.8. The number of benzene rings is 1. The van der Waals surface area contributed by atoms with Crippen LogP contribution in [-0.2, 0) is 10.0 Å². The average Bonchev–Trinajstić information content (AvgIpc) is 3.11. The van der Waals surface area contributed by atoms with Gasteiger partial charge < -0.3 is 0 Å². The molecule has 140 valence electrons. The summed E-state index contributed by atoms with van der Waals surface area (Å²) in [6.45, 7) is 1.17. The SMILES string of the molecule is O=S(=O)(c1ccc(-n2c(-c3ccncc3)n[nH]c2=S)cc1)N1CCCCC1. The molecule has 0 aliphatic carbocycles. The molecular weight excluding hydrogens is 382 g/mol. The van der Waals surface area contributed by atoms with Crippen LogP contribution in [0, 0.1) is 4.77 Å². The zero-order valence-corrected chi connectivity index (χ0v) is 16.2. The van der Waals surface area contributed by atoms with Gasteiger partial charge >= 0.3 is 0 Å². The van der Waals surface area contributed by atoms with Crippen molar-refractivity contribution in [3.63, 3.8) is 0 Å². The molecule has 1 aliphatic heterocycles. The summed E-state index contributed by atoms with van der Waals surface area (Å²) in [5, 5.41) is 7.10. The minimum atomic E-state index is -3.45. The molecule has 2 aromatic heterocycles. The van der Waals surface area contributed by atoms with Crippen LogP contribution in [0.25, 0.3) is 17.1 Å². The van der Waals surface area contributed by atoms with Crippen molar-refractivity contribution in [3.05, 3.63) is 53.6 Å². The lowest BCUT2D eigenvalue weighted by atomic mass is 10.2. The van der Waals surface area contributed by atoms with Crippen LogP contribution in [0.1, 0.15) is 19.3 Å². The van der Waals surface area contributed by atoms with E-state index < -0.39 is 10.0 Å². The molecule has 0 bridgehead atoms. The van der Waals surface area contributed by atoms with Gasteiger partial charge in [-0.05, 0) is 61.5 Å². The minimum Gasteiger partial charge on any atom is -0.268 e. The molecule has 9 heteroatoms. The molecule has 0 atom stereocenters. The highest BCUT2D eigenvalue weighted by molar-refractivity contribution is 7.89. The highest BCUT2D eigenvalue weighted by Crippen LogP contribution is 2.24. The summed E-state index contributed by atoms with van der Waals surface area (Å²) >= 11 is 5.37. The summed E-state index contributed by atoms with van der Waals surface area (Å²) < 4.78 is 29.4. The largest absolute Gasteiger partial charge is 0.268 e. The number of hydrogen-bond donors (Lipinski definition) is 1. The van der Waals surface area contributed by atoms with Crippen LogP contribution in [-0.4, -0.2) is 45.6 Å². The van der Waals surface area contributed by atoms with Gasteiger partial charge in [-0.3, -0.25) is 14.6 Å². The summed E-state index contributed by atoms with van der Waals surface area (Å²) in [6, 6.07) is 10.5. The van der Waals surface area contributed by atoms with Gasteiger partial charge in [0.15, 0.2) is 10.6 Å². The summed E-state index contributed by atoms with van der Waals surface area (Å²) in [5.74, 6) is 0.647. The molecule has 0 amide bonds. The number of nitrogens with one attached hydrogen (secondary N) is 1. The Morgan fingerprint density at radius 3 is 2.30 bits per heavy atom. The molecule has 1 aliphatic rings. The topological polar surface area (TPSA) is 83.9 Å². The normalized spacial score (nSPS) is 15.7. The van der Waals surface area contributed by atoms with Crippen LogP contribution in [0.4, 0.5) is 0 Å². The van der Waals surface area contributed by atoms with Crippen LogP contribution in [0.3, 0.4) is 0 Å². The summed E-state index contributed by atoms with van der Waals surface area (Å²) in [6.07, 6.45) is 6.28. The average molecular weight is 402 g/mol. The van der Waals surface area contributed by atoms with E-state index >= 15 is 0 Å². The van der Waals surface area contributed by atoms with E-state index in [1.165, 1.54) is 0 Å². The highest BCUT2D eigenvalue weighted by atomic mass is 32.2. The first kappa shape index (κ1) is 18.0. The van der Waals surface area contributed by atoms with Crippen molar-refractivity contribution in [3.8, 4) is 17.1 Å². The molecule has 1 saturated heterocycles. The number of pyridine rings is 1. The van der Waals surface area contributed by atoms with Gasteiger partial charge in [-0.15, -0.1) is 0 Å². The second-order valence-electron chi connectivity index (χ2n) is 6.38. The van der Waals surface area contributed by atoms with Crippen molar-refractivity contribution in [2.45, 2.75) is 24.2 Å².